The van der Waals surface area contributed by atoms with Gasteiger partial charge in [0.1, 0.15) is 5.75 Å². The van der Waals surface area contributed by atoms with Crippen LogP contribution in [0.2, 0.25) is 5.02 Å². The molecule has 15 heavy (non-hydrogen) atoms. The molecule has 0 heterocycles. The number of benzene rings is 1. The second-order valence-corrected chi connectivity index (χ2v) is 3.82. The molecule has 0 aliphatic heterocycles. The van der Waals surface area contributed by atoms with Crippen LogP contribution in [0, 0.1) is 5.92 Å². The summed E-state index contributed by atoms with van der Waals surface area (Å²) in [5, 5.41) is 9.26. The summed E-state index contributed by atoms with van der Waals surface area (Å²) in [6, 6.07) is 5.30. The quantitative estimate of drug-likeness (QED) is 0.862. The van der Waals surface area contributed by atoms with Crippen molar-refractivity contribution in [2.24, 2.45) is 5.92 Å². The number of ether oxygens (including phenoxy) is 1. The third-order valence-corrected chi connectivity index (χ3v) is 2.48. The maximum atomic E-state index is 10.7. The minimum atomic E-state index is -0.804. The lowest BCUT2D eigenvalue weighted by atomic mass is 10.0. The van der Waals surface area contributed by atoms with Gasteiger partial charge in [0.2, 0.25) is 0 Å². The molecule has 82 valence electrons. The molecule has 1 atom stereocenters. The first-order valence-electron chi connectivity index (χ1n) is 4.59. The van der Waals surface area contributed by atoms with Crippen LogP contribution < -0.4 is 4.74 Å². The first kappa shape index (κ1) is 11.9. The molecule has 0 fully saturated rings. The number of hydrogen-bond donors (Lipinski definition) is 1. The van der Waals surface area contributed by atoms with Crippen LogP contribution >= 0.6 is 11.6 Å². The number of carboxylic acids is 1. The highest BCUT2D eigenvalue weighted by Gasteiger charge is 2.12. The maximum absolute atomic E-state index is 10.7. The maximum Gasteiger partial charge on any atom is 0.306 e. The Bertz CT molecular complexity index is 363. The van der Waals surface area contributed by atoms with E-state index in [1.165, 1.54) is 0 Å². The largest absolute Gasteiger partial charge is 0.495 e. The monoisotopic (exact) mass is 228 g/mol. The van der Waals surface area contributed by atoms with Crippen molar-refractivity contribution in [3.05, 3.63) is 28.8 Å². The topological polar surface area (TPSA) is 46.5 Å². The number of halogens is 1. The smallest absolute Gasteiger partial charge is 0.306 e. The van der Waals surface area contributed by atoms with Crippen LogP contribution in [0.15, 0.2) is 18.2 Å². The number of methoxy groups -OCH3 is 1. The molecule has 1 rings (SSSR count). The van der Waals surface area contributed by atoms with Gasteiger partial charge in [-0.2, -0.15) is 0 Å². The highest BCUT2D eigenvalue weighted by molar-refractivity contribution is 6.32. The molecule has 0 saturated heterocycles. The van der Waals surface area contributed by atoms with E-state index in [4.69, 9.17) is 21.4 Å². The van der Waals surface area contributed by atoms with E-state index in [2.05, 4.69) is 0 Å². The van der Waals surface area contributed by atoms with Gasteiger partial charge in [0, 0.05) is 0 Å². The van der Waals surface area contributed by atoms with Gasteiger partial charge in [-0.1, -0.05) is 24.6 Å². The molecule has 3 nitrogen and oxygen atoms in total. The van der Waals surface area contributed by atoms with E-state index in [1.54, 1.807) is 26.2 Å². The SMILES string of the molecule is COc1ccc(CC(C)C(=O)O)cc1Cl. The Morgan fingerprint density at radius 2 is 2.27 bits per heavy atom. The molecule has 0 bridgehead atoms. The molecular formula is C11H13ClO3. The number of hydrogen-bond acceptors (Lipinski definition) is 2. The van der Waals surface area contributed by atoms with E-state index < -0.39 is 11.9 Å². The zero-order valence-electron chi connectivity index (χ0n) is 8.66. The lowest BCUT2D eigenvalue weighted by molar-refractivity contribution is -0.141. The third-order valence-electron chi connectivity index (χ3n) is 2.18. The molecule has 0 radical (unpaired) electrons. The highest BCUT2D eigenvalue weighted by atomic mass is 35.5. The van der Waals surface area contributed by atoms with Gasteiger partial charge in [0.15, 0.2) is 0 Å². The zero-order valence-corrected chi connectivity index (χ0v) is 9.41. The fourth-order valence-corrected chi connectivity index (χ4v) is 1.56. The summed E-state index contributed by atoms with van der Waals surface area (Å²) in [4.78, 5) is 10.7. The first-order valence-corrected chi connectivity index (χ1v) is 4.97. The Hall–Kier alpha value is -1.22. The van der Waals surface area contributed by atoms with Crippen molar-refractivity contribution in [2.75, 3.05) is 7.11 Å². The molecule has 1 unspecified atom stereocenters. The van der Waals surface area contributed by atoms with Gasteiger partial charge in [0.05, 0.1) is 18.1 Å². The molecule has 0 aliphatic rings. The number of carboxylic acid groups (broad SMARTS) is 1. The Kier molecular flexibility index (Phi) is 3.97. The molecule has 0 aliphatic carbocycles. The van der Waals surface area contributed by atoms with Gasteiger partial charge in [-0.15, -0.1) is 0 Å². The third kappa shape index (κ3) is 3.13. The second kappa shape index (κ2) is 5.03. The molecular weight excluding hydrogens is 216 g/mol. The molecule has 4 heteroatoms. The fraction of sp³-hybridized carbons (Fsp3) is 0.364. The van der Waals surface area contributed by atoms with E-state index in [-0.39, 0.29) is 0 Å². The Labute approximate surface area is 93.6 Å². The van der Waals surface area contributed by atoms with Crippen LogP contribution in [0.3, 0.4) is 0 Å². The average molecular weight is 229 g/mol. The lowest BCUT2D eigenvalue weighted by Gasteiger charge is -2.08. The Balaban J connectivity index is 2.79. The summed E-state index contributed by atoms with van der Waals surface area (Å²) in [6.07, 6.45) is 0.471. The van der Waals surface area contributed by atoms with Crippen molar-refractivity contribution < 1.29 is 14.6 Å². The van der Waals surface area contributed by atoms with Gasteiger partial charge in [-0.05, 0) is 24.1 Å². The second-order valence-electron chi connectivity index (χ2n) is 3.41. The lowest BCUT2D eigenvalue weighted by Crippen LogP contribution is -2.12. The van der Waals surface area contributed by atoms with Crippen molar-refractivity contribution in [1.82, 2.24) is 0 Å². The summed E-state index contributed by atoms with van der Waals surface area (Å²) in [5.41, 5.74) is 0.899. The molecule has 1 aromatic rings. The van der Waals surface area contributed by atoms with E-state index in [0.717, 1.165) is 5.56 Å². The zero-order chi connectivity index (χ0) is 11.4. The van der Waals surface area contributed by atoms with Crippen LogP contribution in [0.4, 0.5) is 0 Å². The van der Waals surface area contributed by atoms with Crippen LogP contribution in [-0.4, -0.2) is 18.2 Å². The van der Waals surface area contributed by atoms with Crippen LogP contribution in [-0.2, 0) is 11.2 Å². The van der Waals surface area contributed by atoms with Crippen molar-refractivity contribution >= 4 is 17.6 Å². The number of aliphatic carboxylic acids is 1. The van der Waals surface area contributed by atoms with Crippen LogP contribution in [0.25, 0.3) is 0 Å². The normalized spacial score (nSPS) is 12.2. The van der Waals surface area contributed by atoms with E-state index >= 15 is 0 Å². The van der Waals surface area contributed by atoms with Crippen LogP contribution in [0.1, 0.15) is 12.5 Å². The fourth-order valence-electron chi connectivity index (χ4n) is 1.28. The van der Waals surface area contributed by atoms with Crippen LogP contribution in [0.5, 0.6) is 5.75 Å². The minimum absolute atomic E-state index is 0.408. The first-order chi connectivity index (χ1) is 7.04. The van der Waals surface area contributed by atoms with Crippen molar-refractivity contribution in [2.45, 2.75) is 13.3 Å². The molecule has 0 spiro atoms. The van der Waals surface area contributed by atoms with E-state index in [1.807, 2.05) is 6.07 Å². The van der Waals surface area contributed by atoms with Gasteiger partial charge < -0.3 is 9.84 Å². The molecule has 1 aromatic carbocycles. The predicted octanol–water partition coefficient (Wildman–Crippen LogP) is 2.61. The molecule has 0 aromatic heterocycles. The summed E-state index contributed by atoms with van der Waals surface area (Å²) in [7, 11) is 1.54. The standard InChI is InChI=1S/C11H13ClO3/c1-7(11(13)14)5-8-3-4-10(15-2)9(12)6-8/h3-4,6-7H,5H2,1-2H3,(H,13,14). The van der Waals surface area contributed by atoms with Crippen molar-refractivity contribution in [1.29, 1.82) is 0 Å². The average Bonchev–Trinajstić information content (AvgIpc) is 2.18. The summed E-state index contributed by atoms with van der Waals surface area (Å²) >= 11 is 5.92. The summed E-state index contributed by atoms with van der Waals surface area (Å²) in [6.45, 7) is 1.67. The Morgan fingerprint density at radius 1 is 1.60 bits per heavy atom. The van der Waals surface area contributed by atoms with Gasteiger partial charge in [0.25, 0.3) is 0 Å². The van der Waals surface area contributed by atoms with Gasteiger partial charge >= 0.3 is 5.97 Å². The highest BCUT2D eigenvalue weighted by Crippen LogP contribution is 2.25. The summed E-state index contributed by atoms with van der Waals surface area (Å²) in [5.74, 6) is -0.611. The number of carbonyl (C=O) groups is 1. The van der Waals surface area contributed by atoms with Gasteiger partial charge in [-0.3, -0.25) is 4.79 Å². The molecule has 1 N–H and O–H groups in total. The molecule has 0 saturated carbocycles. The minimum Gasteiger partial charge on any atom is -0.495 e. The Morgan fingerprint density at radius 3 is 2.73 bits per heavy atom. The molecule has 0 amide bonds. The van der Waals surface area contributed by atoms with E-state index in [0.29, 0.717) is 17.2 Å². The summed E-state index contributed by atoms with van der Waals surface area (Å²) < 4.78 is 5.00. The van der Waals surface area contributed by atoms with Gasteiger partial charge in [-0.25, -0.2) is 0 Å². The van der Waals surface area contributed by atoms with Crippen molar-refractivity contribution in [3.8, 4) is 5.75 Å². The number of rotatable bonds is 4. The van der Waals surface area contributed by atoms with E-state index in [9.17, 15) is 4.79 Å². The predicted molar refractivity (Wildman–Crippen MR) is 58.5 cm³/mol. The van der Waals surface area contributed by atoms with Crippen molar-refractivity contribution in [3.63, 3.8) is 0 Å².